The van der Waals surface area contributed by atoms with Crippen molar-refractivity contribution in [2.45, 2.75) is 33.5 Å². The van der Waals surface area contributed by atoms with Gasteiger partial charge in [-0.3, -0.25) is 0 Å². The molecule has 0 aromatic rings. The van der Waals surface area contributed by atoms with E-state index in [0.717, 1.165) is 0 Å². The smallest absolute Gasteiger partial charge is 0.171 e. The van der Waals surface area contributed by atoms with Crippen LogP contribution in [0.4, 0.5) is 0 Å². The molecule has 0 N–H and O–H groups in total. The van der Waals surface area contributed by atoms with E-state index in [9.17, 15) is 0 Å². The number of hydrogen-bond donors (Lipinski definition) is 0. The van der Waals surface area contributed by atoms with Gasteiger partial charge in [-0.2, -0.15) is 0 Å². The van der Waals surface area contributed by atoms with Gasteiger partial charge in [0.15, 0.2) is 18.1 Å². The maximum absolute atomic E-state index is 5.74. The summed E-state index contributed by atoms with van der Waals surface area (Å²) in [7, 11) is -1.55. The minimum atomic E-state index is -1.21. The molecule has 0 aromatic carbocycles. The molecule has 0 aliphatic heterocycles. The molecule has 0 radical (unpaired) electrons. The van der Waals surface area contributed by atoms with Crippen LogP contribution in [0.1, 0.15) is 13.8 Å². The standard InChI is InChI=1S/C7H18OSi2/c1-7(2)6-9-8-10(3,4)5/h6H,9H2,1-5H3. The highest BCUT2D eigenvalue weighted by atomic mass is 28.4. The van der Waals surface area contributed by atoms with Crippen LogP contribution in [0.25, 0.3) is 0 Å². The molecule has 0 spiro atoms. The Morgan fingerprint density at radius 2 is 1.80 bits per heavy atom. The molecular formula is C7H18OSi2. The predicted molar refractivity (Wildman–Crippen MR) is 52.4 cm³/mol. The van der Waals surface area contributed by atoms with Crippen LogP contribution in [-0.2, 0) is 4.12 Å². The Labute approximate surface area is 67.6 Å². The predicted octanol–water partition coefficient (Wildman–Crippen LogP) is 1.85. The summed E-state index contributed by atoms with van der Waals surface area (Å²) < 4.78 is 5.74. The van der Waals surface area contributed by atoms with Crippen molar-refractivity contribution in [3.63, 3.8) is 0 Å². The van der Waals surface area contributed by atoms with Gasteiger partial charge in [-0.05, 0) is 33.5 Å². The van der Waals surface area contributed by atoms with Crippen LogP contribution in [0.2, 0.25) is 19.6 Å². The molecule has 1 nitrogen and oxygen atoms in total. The normalized spacial score (nSPS) is 12.5. The third-order valence-corrected chi connectivity index (χ3v) is 6.12. The molecule has 0 amide bonds. The molecule has 0 aliphatic rings. The van der Waals surface area contributed by atoms with Crippen molar-refractivity contribution in [1.82, 2.24) is 0 Å². The Bertz CT molecular complexity index is 120. The van der Waals surface area contributed by atoms with Crippen molar-refractivity contribution in [2.24, 2.45) is 0 Å². The lowest BCUT2D eigenvalue weighted by atomic mass is 10.4. The first-order valence-corrected chi connectivity index (χ1v) is 8.49. The van der Waals surface area contributed by atoms with Gasteiger partial charge in [0, 0.05) is 0 Å². The Balaban J connectivity index is 3.47. The van der Waals surface area contributed by atoms with Crippen LogP contribution >= 0.6 is 0 Å². The Morgan fingerprint density at radius 1 is 1.30 bits per heavy atom. The summed E-state index contributed by atoms with van der Waals surface area (Å²) in [5.41, 5.74) is 3.66. The number of rotatable bonds is 3. The van der Waals surface area contributed by atoms with Crippen LogP contribution < -0.4 is 0 Å². The highest BCUT2D eigenvalue weighted by molar-refractivity contribution is 6.74. The topological polar surface area (TPSA) is 9.23 Å². The van der Waals surface area contributed by atoms with Gasteiger partial charge in [-0.25, -0.2) is 0 Å². The van der Waals surface area contributed by atoms with E-state index in [1.807, 2.05) is 0 Å². The molecule has 0 bridgehead atoms. The van der Waals surface area contributed by atoms with Gasteiger partial charge >= 0.3 is 0 Å². The van der Waals surface area contributed by atoms with E-state index in [2.05, 4.69) is 39.2 Å². The Kier molecular flexibility index (Phi) is 4.16. The molecule has 0 saturated heterocycles. The van der Waals surface area contributed by atoms with Gasteiger partial charge in [0.25, 0.3) is 0 Å². The Morgan fingerprint density at radius 3 is 2.10 bits per heavy atom. The molecule has 0 rings (SSSR count). The van der Waals surface area contributed by atoms with Crippen LogP contribution in [-0.4, -0.2) is 18.1 Å². The molecule has 0 atom stereocenters. The van der Waals surface area contributed by atoms with Crippen LogP contribution in [0.15, 0.2) is 11.3 Å². The summed E-state index contributed by atoms with van der Waals surface area (Å²) in [6.07, 6.45) is 0. The fourth-order valence-electron chi connectivity index (χ4n) is 0.458. The Hall–Kier alpha value is 0.134. The van der Waals surface area contributed by atoms with Crippen molar-refractivity contribution in [2.75, 3.05) is 0 Å². The SMILES string of the molecule is CC(C)=C[SiH2]O[Si](C)(C)C. The summed E-state index contributed by atoms with van der Waals surface area (Å²) in [5.74, 6) is 0. The maximum Gasteiger partial charge on any atom is 0.171 e. The molecule has 60 valence electrons. The summed E-state index contributed by atoms with van der Waals surface area (Å²) in [6, 6.07) is 0. The fraction of sp³-hybridized carbons (Fsp3) is 0.714. The van der Waals surface area contributed by atoms with E-state index in [1.54, 1.807) is 0 Å². The zero-order valence-electron chi connectivity index (χ0n) is 7.69. The van der Waals surface area contributed by atoms with Gasteiger partial charge in [0.1, 0.15) is 0 Å². The van der Waals surface area contributed by atoms with E-state index < -0.39 is 8.32 Å². The molecule has 0 unspecified atom stereocenters. The van der Waals surface area contributed by atoms with E-state index in [4.69, 9.17) is 4.12 Å². The quantitative estimate of drug-likeness (QED) is 0.593. The summed E-state index contributed by atoms with van der Waals surface area (Å²) >= 11 is 0. The second-order valence-corrected chi connectivity index (χ2v) is 9.83. The fourth-order valence-corrected chi connectivity index (χ4v) is 3.13. The van der Waals surface area contributed by atoms with Crippen molar-refractivity contribution < 1.29 is 4.12 Å². The van der Waals surface area contributed by atoms with Crippen LogP contribution in [0.3, 0.4) is 0 Å². The monoisotopic (exact) mass is 174 g/mol. The molecule has 0 fully saturated rings. The molecule has 3 heteroatoms. The highest BCUT2D eigenvalue weighted by Gasteiger charge is 2.11. The molecule has 0 saturated carbocycles. The molecule has 10 heavy (non-hydrogen) atoms. The number of allylic oxidation sites excluding steroid dienone is 1. The third kappa shape index (κ3) is 8.13. The largest absolute Gasteiger partial charge is 0.457 e. The van der Waals surface area contributed by atoms with Crippen molar-refractivity contribution in [3.8, 4) is 0 Å². The van der Waals surface area contributed by atoms with Gasteiger partial charge in [0.2, 0.25) is 0 Å². The van der Waals surface area contributed by atoms with Gasteiger partial charge < -0.3 is 4.12 Å². The summed E-state index contributed by atoms with van der Waals surface area (Å²) in [6.45, 7) is 11.0. The minimum absolute atomic E-state index is 0.341. The second-order valence-electron chi connectivity index (χ2n) is 3.70. The minimum Gasteiger partial charge on any atom is -0.457 e. The zero-order chi connectivity index (χ0) is 8.20. The highest BCUT2D eigenvalue weighted by Crippen LogP contribution is 2.01. The molecular weight excluding hydrogens is 156 g/mol. The van der Waals surface area contributed by atoms with Crippen LogP contribution in [0, 0.1) is 0 Å². The first-order chi connectivity index (χ1) is 4.42. The lowest BCUT2D eigenvalue weighted by molar-refractivity contribution is 0.607. The first kappa shape index (κ1) is 10.1. The van der Waals surface area contributed by atoms with E-state index in [-0.39, 0.29) is 9.76 Å². The van der Waals surface area contributed by atoms with Gasteiger partial charge in [0.05, 0.1) is 0 Å². The zero-order valence-corrected chi connectivity index (χ0v) is 10.1. The van der Waals surface area contributed by atoms with E-state index in [1.165, 1.54) is 5.57 Å². The summed E-state index contributed by atoms with van der Waals surface area (Å²) in [5, 5.41) is 0. The molecule has 0 heterocycles. The number of hydrogen-bond acceptors (Lipinski definition) is 1. The second kappa shape index (κ2) is 4.10. The average Bonchev–Trinajstić information content (AvgIpc) is 1.59. The van der Waals surface area contributed by atoms with Gasteiger partial charge in [-0.1, -0.05) is 11.3 Å². The first-order valence-electron chi connectivity index (χ1n) is 3.69. The van der Waals surface area contributed by atoms with E-state index >= 15 is 0 Å². The average molecular weight is 174 g/mol. The third-order valence-electron chi connectivity index (χ3n) is 1.01. The van der Waals surface area contributed by atoms with Crippen LogP contribution in [0.5, 0.6) is 0 Å². The van der Waals surface area contributed by atoms with E-state index in [0.29, 0.717) is 0 Å². The summed E-state index contributed by atoms with van der Waals surface area (Å²) in [4.78, 5) is 0. The van der Waals surface area contributed by atoms with Crippen molar-refractivity contribution in [3.05, 3.63) is 11.3 Å². The molecule has 0 aromatic heterocycles. The van der Waals surface area contributed by atoms with Crippen molar-refractivity contribution >= 4 is 18.1 Å². The van der Waals surface area contributed by atoms with Crippen molar-refractivity contribution in [1.29, 1.82) is 0 Å². The lowest BCUT2D eigenvalue weighted by Gasteiger charge is -2.15. The maximum atomic E-state index is 5.74. The lowest BCUT2D eigenvalue weighted by Crippen LogP contribution is -2.26. The van der Waals surface area contributed by atoms with Gasteiger partial charge in [-0.15, -0.1) is 0 Å². The molecule has 0 aliphatic carbocycles.